The first-order valence-corrected chi connectivity index (χ1v) is 15.9. The summed E-state index contributed by atoms with van der Waals surface area (Å²) < 4.78 is 47.3. The Kier molecular flexibility index (Phi) is 16.4. The van der Waals surface area contributed by atoms with Crippen LogP contribution >= 0.6 is 11.8 Å². The molecule has 1 saturated heterocycles. The number of hydrogen-bond donors (Lipinski definition) is 3. The standard InChI is InChI=1S/C30H37F3N5O2S.C2H6.Y/c1-21(19-39)18-37-14-11-22(12-15-37)35-36-26-7-4-8-28-25(26)16-23(38(28)20-30(31,32)33)6-5-13-34-27-10-9-24(41-3)17-29(27)40-2;1-2;/h4,7-10,16-17,21-22,34,36,39H,11-15,18-20H2,1-3H3;1-2H3;/q-1;;. The molecule has 1 atom stereocenters. The van der Waals surface area contributed by atoms with Crippen LogP contribution in [0.15, 0.2) is 47.4 Å². The van der Waals surface area contributed by atoms with Crippen LogP contribution in [0.3, 0.4) is 0 Å². The maximum absolute atomic E-state index is 13.6. The molecule has 0 bridgehead atoms. The van der Waals surface area contributed by atoms with Gasteiger partial charge in [0.15, 0.2) is 0 Å². The fraction of sp³-hybridized carbons (Fsp3) is 0.500. The number of likely N-dealkylation sites (tertiary alicyclic amines) is 1. The van der Waals surface area contributed by atoms with Crippen LogP contribution in [-0.4, -0.2) is 72.9 Å². The summed E-state index contributed by atoms with van der Waals surface area (Å²) in [7, 11) is 1.59. The van der Waals surface area contributed by atoms with Crippen molar-refractivity contribution in [2.75, 3.05) is 56.9 Å². The molecule has 1 aliphatic rings. The van der Waals surface area contributed by atoms with Gasteiger partial charge in [-0.2, -0.15) is 13.2 Å². The largest absolute Gasteiger partial charge is 0.568 e. The van der Waals surface area contributed by atoms with Gasteiger partial charge in [-0.3, -0.25) is 0 Å². The Morgan fingerprint density at radius 1 is 1.14 bits per heavy atom. The Morgan fingerprint density at radius 3 is 2.50 bits per heavy atom. The van der Waals surface area contributed by atoms with E-state index < -0.39 is 12.7 Å². The van der Waals surface area contributed by atoms with Gasteiger partial charge in [0.2, 0.25) is 0 Å². The van der Waals surface area contributed by atoms with Crippen molar-refractivity contribution in [1.82, 2.24) is 9.47 Å². The average molecular weight is 708 g/mol. The number of piperidine rings is 1. The zero-order valence-corrected chi connectivity index (χ0v) is 29.8. The molecule has 1 aliphatic heterocycles. The second-order valence-corrected chi connectivity index (χ2v) is 11.1. The molecule has 2 aromatic carbocycles. The summed E-state index contributed by atoms with van der Waals surface area (Å²) in [6.45, 7) is 7.96. The fourth-order valence-electron chi connectivity index (χ4n) is 4.94. The fourth-order valence-corrected chi connectivity index (χ4v) is 5.37. The summed E-state index contributed by atoms with van der Waals surface area (Å²) >= 11 is 1.60. The molecule has 0 saturated carbocycles. The topological polar surface area (TPSA) is 75.8 Å². The molecule has 3 N–H and O–H groups in total. The SMILES string of the molecule is CC.COc1cc(SC)ccc1NCC#Cc1cc2c(N[N-]C3CCN(CC(C)CO)CC3)cccc2n1CC(F)(F)F.[Y]. The van der Waals surface area contributed by atoms with Crippen molar-refractivity contribution in [1.29, 1.82) is 0 Å². The molecule has 4 rings (SSSR count). The van der Waals surface area contributed by atoms with E-state index in [2.05, 4.69) is 32.9 Å². The van der Waals surface area contributed by atoms with E-state index in [1.54, 1.807) is 37.1 Å². The molecule has 7 nitrogen and oxygen atoms in total. The van der Waals surface area contributed by atoms with Crippen LogP contribution in [0.5, 0.6) is 5.75 Å². The Hall–Kier alpha value is -1.94. The molecule has 44 heavy (non-hydrogen) atoms. The van der Waals surface area contributed by atoms with Crippen LogP contribution in [0.4, 0.5) is 24.5 Å². The van der Waals surface area contributed by atoms with Crippen LogP contribution in [0, 0.1) is 17.8 Å². The molecule has 1 aromatic heterocycles. The zero-order valence-electron chi connectivity index (χ0n) is 26.2. The van der Waals surface area contributed by atoms with E-state index in [-0.39, 0.29) is 63.5 Å². The van der Waals surface area contributed by atoms with Gasteiger partial charge in [-0.1, -0.05) is 45.6 Å². The number of hydrogen-bond acceptors (Lipinski definition) is 6. The summed E-state index contributed by atoms with van der Waals surface area (Å²) in [6, 6.07) is 12.8. The van der Waals surface area contributed by atoms with Crippen molar-refractivity contribution in [2.24, 2.45) is 5.92 Å². The van der Waals surface area contributed by atoms with E-state index in [9.17, 15) is 18.3 Å². The first-order chi connectivity index (χ1) is 20.7. The molecule has 239 valence electrons. The van der Waals surface area contributed by atoms with E-state index in [4.69, 9.17) is 4.74 Å². The van der Waals surface area contributed by atoms with Gasteiger partial charge in [-0.15, -0.1) is 17.8 Å². The molecule has 1 radical (unpaired) electrons. The minimum atomic E-state index is -4.40. The molecule has 12 heteroatoms. The van der Waals surface area contributed by atoms with Gasteiger partial charge in [0.1, 0.15) is 12.3 Å². The molecule has 1 unspecified atom stereocenters. The second kappa shape index (κ2) is 18.9. The summed E-state index contributed by atoms with van der Waals surface area (Å²) in [5.41, 5.74) is 9.95. The summed E-state index contributed by atoms with van der Waals surface area (Å²) in [5.74, 6) is 6.82. The number of halogens is 3. The predicted molar refractivity (Wildman–Crippen MR) is 172 cm³/mol. The number of anilines is 2. The molecular formula is C32H43F3N5O2SY-. The summed E-state index contributed by atoms with van der Waals surface area (Å²) in [4.78, 5) is 3.39. The second-order valence-electron chi connectivity index (χ2n) is 10.3. The zero-order chi connectivity index (χ0) is 31.4. The number of aliphatic hydroxyl groups is 1. The number of rotatable bonds is 11. The van der Waals surface area contributed by atoms with Crippen molar-refractivity contribution in [3.05, 3.63) is 53.6 Å². The third-order valence-electron chi connectivity index (χ3n) is 7.08. The minimum absolute atomic E-state index is 0. The molecule has 0 aliphatic carbocycles. The number of aliphatic hydroxyl groups excluding tert-OH is 1. The number of fused-ring (bicyclic) bond motifs is 1. The van der Waals surface area contributed by atoms with Gasteiger partial charge in [0.05, 0.1) is 30.6 Å². The number of ether oxygens (including phenoxy) is 1. The van der Waals surface area contributed by atoms with E-state index in [1.807, 2.05) is 51.3 Å². The predicted octanol–water partition coefficient (Wildman–Crippen LogP) is 7.21. The average Bonchev–Trinajstić information content (AvgIpc) is 3.35. The monoisotopic (exact) mass is 707 g/mol. The smallest absolute Gasteiger partial charge is 0.406 e. The Balaban J connectivity index is 0.00000220. The Bertz CT molecular complexity index is 1370. The van der Waals surface area contributed by atoms with Gasteiger partial charge >= 0.3 is 6.18 Å². The number of methoxy groups -OCH3 is 1. The van der Waals surface area contributed by atoms with Crippen LogP contribution in [-0.2, 0) is 39.3 Å². The third-order valence-corrected chi connectivity index (χ3v) is 7.81. The van der Waals surface area contributed by atoms with Crippen molar-refractivity contribution in [2.45, 2.75) is 57.3 Å². The first-order valence-electron chi connectivity index (χ1n) is 14.6. The van der Waals surface area contributed by atoms with Crippen molar-refractivity contribution < 1.29 is 55.7 Å². The number of nitrogens with zero attached hydrogens (tertiary/aromatic N) is 3. The summed E-state index contributed by atoms with van der Waals surface area (Å²) in [6.07, 6.45) is -0.661. The normalized spacial score (nSPS) is 14.5. The van der Waals surface area contributed by atoms with E-state index in [0.717, 1.165) is 43.1 Å². The number of aromatic nitrogens is 1. The van der Waals surface area contributed by atoms with E-state index in [0.29, 0.717) is 22.3 Å². The molecular weight excluding hydrogens is 664 g/mol. The first kappa shape index (κ1) is 38.2. The molecule has 3 aromatic rings. The summed E-state index contributed by atoms with van der Waals surface area (Å²) in [5, 5.41) is 13.1. The maximum atomic E-state index is 13.6. The van der Waals surface area contributed by atoms with Crippen LogP contribution < -0.4 is 15.5 Å². The van der Waals surface area contributed by atoms with Crippen molar-refractivity contribution >= 4 is 34.0 Å². The van der Waals surface area contributed by atoms with Crippen LogP contribution in [0.2, 0.25) is 0 Å². The van der Waals surface area contributed by atoms with Gasteiger partial charge in [-0.25, -0.2) is 0 Å². The molecule has 0 spiro atoms. The number of alkyl halides is 3. The molecule has 2 heterocycles. The van der Waals surface area contributed by atoms with Gasteiger partial charge < -0.3 is 35.5 Å². The number of benzene rings is 2. The number of nitrogens with one attached hydrogen (secondary N) is 2. The minimum Gasteiger partial charge on any atom is -0.568 e. The van der Waals surface area contributed by atoms with E-state index in [1.165, 1.54) is 4.57 Å². The van der Waals surface area contributed by atoms with Gasteiger partial charge in [0, 0.05) is 61.8 Å². The van der Waals surface area contributed by atoms with Crippen molar-refractivity contribution in [3.8, 4) is 17.6 Å². The van der Waals surface area contributed by atoms with Gasteiger partial charge in [-0.05, 0) is 67.6 Å². The van der Waals surface area contributed by atoms with Gasteiger partial charge in [0.25, 0.3) is 0 Å². The van der Waals surface area contributed by atoms with Crippen molar-refractivity contribution in [3.63, 3.8) is 0 Å². The maximum Gasteiger partial charge on any atom is 0.406 e. The Labute approximate surface area is 288 Å². The quantitative estimate of drug-likeness (QED) is 0.111. The number of thioether (sulfide) groups is 1. The van der Waals surface area contributed by atoms with Crippen LogP contribution in [0.1, 0.15) is 39.3 Å². The third kappa shape index (κ3) is 11.1. The Morgan fingerprint density at radius 2 is 1.86 bits per heavy atom. The molecule has 1 fully saturated rings. The van der Waals surface area contributed by atoms with Crippen LogP contribution in [0.25, 0.3) is 16.3 Å². The van der Waals surface area contributed by atoms with E-state index >= 15 is 0 Å². The molecule has 0 amide bonds.